The summed E-state index contributed by atoms with van der Waals surface area (Å²) in [7, 11) is 0. The molecule has 2 rings (SSSR count). The van der Waals surface area contributed by atoms with Crippen LogP contribution in [0.2, 0.25) is 0 Å². The lowest BCUT2D eigenvalue weighted by atomic mass is 10.2. The molecule has 1 heterocycles. The molecule has 2 aromatic rings. The van der Waals surface area contributed by atoms with Crippen molar-refractivity contribution in [2.24, 2.45) is 0 Å². The molecule has 0 saturated heterocycles. The van der Waals surface area contributed by atoms with Gasteiger partial charge in [0.25, 0.3) is 5.91 Å². The number of hydrogen-bond donors (Lipinski definition) is 1. The van der Waals surface area contributed by atoms with Crippen LogP contribution >= 0.6 is 0 Å². The number of aryl methyl sites for hydroxylation is 1. The van der Waals surface area contributed by atoms with Crippen molar-refractivity contribution in [3.8, 4) is 5.75 Å². The monoisotopic (exact) mass is 299 g/mol. The van der Waals surface area contributed by atoms with Crippen molar-refractivity contribution in [3.05, 3.63) is 42.0 Å². The van der Waals surface area contributed by atoms with Gasteiger partial charge in [0.2, 0.25) is 0 Å². The fourth-order valence-corrected chi connectivity index (χ4v) is 1.76. The van der Waals surface area contributed by atoms with Crippen LogP contribution in [-0.2, 0) is 6.54 Å². The quantitative estimate of drug-likeness (QED) is 0.923. The minimum atomic E-state index is -3.12. The zero-order valence-electron chi connectivity index (χ0n) is 11.0. The van der Waals surface area contributed by atoms with Crippen molar-refractivity contribution >= 4 is 11.6 Å². The first-order valence-corrected chi connectivity index (χ1v) is 6.08. The Labute approximate surface area is 118 Å². The lowest BCUT2D eigenvalue weighted by Gasteiger charge is -2.12. The van der Waals surface area contributed by atoms with Crippen molar-refractivity contribution < 1.29 is 22.7 Å². The summed E-state index contributed by atoms with van der Waals surface area (Å²) in [5.41, 5.74) is 0.204. The molecule has 5 nitrogen and oxygen atoms in total. The van der Waals surface area contributed by atoms with E-state index in [9.17, 15) is 18.0 Å². The van der Waals surface area contributed by atoms with Crippen molar-refractivity contribution in [1.82, 2.24) is 9.78 Å². The van der Waals surface area contributed by atoms with Crippen LogP contribution in [0.25, 0.3) is 0 Å². The van der Waals surface area contributed by atoms with Crippen LogP contribution in [0.5, 0.6) is 5.75 Å². The molecule has 112 valence electrons. The van der Waals surface area contributed by atoms with Crippen molar-refractivity contribution in [2.45, 2.75) is 20.1 Å². The predicted octanol–water partition coefficient (Wildman–Crippen LogP) is 2.90. The number of halogens is 3. The average Bonchev–Trinajstić information content (AvgIpc) is 2.89. The second kappa shape index (κ2) is 6.29. The van der Waals surface area contributed by atoms with E-state index in [-0.39, 0.29) is 11.4 Å². The number of nitrogens with zero attached hydrogens (tertiary/aromatic N) is 2. The van der Waals surface area contributed by atoms with Crippen LogP contribution in [0.4, 0.5) is 18.9 Å². The van der Waals surface area contributed by atoms with E-state index in [4.69, 9.17) is 0 Å². The van der Waals surface area contributed by atoms with Crippen LogP contribution in [0.1, 0.15) is 17.4 Å². The van der Waals surface area contributed by atoms with E-state index >= 15 is 0 Å². The van der Waals surface area contributed by atoms with Gasteiger partial charge in [-0.05, 0) is 25.1 Å². The molecule has 0 aliphatic heterocycles. The van der Waals surface area contributed by atoms with Gasteiger partial charge in [0.1, 0.15) is 11.5 Å². The molecule has 0 aliphatic carbocycles. The van der Waals surface area contributed by atoms with E-state index in [0.717, 1.165) is 18.2 Å². The number of carbonyl (C=O) groups is 1. The highest BCUT2D eigenvalue weighted by Crippen LogP contribution is 2.27. The lowest BCUT2D eigenvalue weighted by molar-refractivity contribution is -0.0495. The number of benzene rings is 1. The normalized spacial score (nSPS) is 10.7. The summed E-state index contributed by atoms with van der Waals surface area (Å²) in [6.45, 7) is -0.851. The number of alkyl halides is 2. The van der Waals surface area contributed by atoms with Crippen LogP contribution in [0.3, 0.4) is 0 Å². The van der Waals surface area contributed by atoms with Crippen molar-refractivity contribution in [3.63, 3.8) is 0 Å². The Hall–Kier alpha value is -2.51. The van der Waals surface area contributed by atoms with Gasteiger partial charge in [-0.25, -0.2) is 4.39 Å². The highest BCUT2D eigenvalue weighted by atomic mass is 19.3. The van der Waals surface area contributed by atoms with Gasteiger partial charge < -0.3 is 10.1 Å². The Kier molecular flexibility index (Phi) is 4.46. The summed E-state index contributed by atoms with van der Waals surface area (Å²) < 4.78 is 43.3. The Morgan fingerprint density at radius 1 is 1.43 bits per heavy atom. The van der Waals surface area contributed by atoms with Crippen LogP contribution in [-0.4, -0.2) is 22.3 Å². The molecule has 0 fully saturated rings. The fraction of sp³-hybridized carbons (Fsp3) is 0.231. The number of hydrogen-bond acceptors (Lipinski definition) is 3. The van der Waals surface area contributed by atoms with Gasteiger partial charge in [0, 0.05) is 18.8 Å². The molecule has 8 heteroatoms. The molecule has 1 N–H and O–H groups in total. The van der Waals surface area contributed by atoms with Crippen LogP contribution in [0, 0.1) is 5.82 Å². The summed E-state index contributed by atoms with van der Waals surface area (Å²) in [5, 5.41) is 6.32. The number of aromatic nitrogens is 2. The fourth-order valence-electron chi connectivity index (χ4n) is 1.76. The minimum Gasteiger partial charge on any atom is -0.432 e. The molecular formula is C13H12F3N3O2. The standard InChI is InChI=1S/C13H12F3N3O2/c1-2-19-10(5-6-17-19)12(20)18-9-4-3-8(14)7-11(9)21-13(15)16/h3-7,13H,2H2,1H3,(H,18,20). The van der Waals surface area contributed by atoms with Crippen molar-refractivity contribution in [1.29, 1.82) is 0 Å². The van der Waals surface area contributed by atoms with Gasteiger partial charge in [-0.15, -0.1) is 0 Å². The zero-order chi connectivity index (χ0) is 15.4. The van der Waals surface area contributed by atoms with Crippen LogP contribution in [0.15, 0.2) is 30.5 Å². The third kappa shape index (κ3) is 3.53. The highest BCUT2D eigenvalue weighted by molar-refractivity contribution is 6.03. The Morgan fingerprint density at radius 3 is 2.86 bits per heavy atom. The second-order valence-corrected chi connectivity index (χ2v) is 4.01. The van der Waals surface area contributed by atoms with Crippen molar-refractivity contribution in [2.75, 3.05) is 5.32 Å². The number of rotatable bonds is 5. The van der Waals surface area contributed by atoms with E-state index in [1.165, 1.54) is 16.9 Å². The molecule has 21 heavy (non-hydrogen) atoms. The van der Waals surface area contributed by atoms with E-state index in [1.54, 1.807) is 6.92 Å². The number of amides is 1. The van der Waals surface area contributed by atoms with E-state index < -0.39 is 24.1 Å². The van der Waals surface area contributed by atoms with Gasteiger partial charge in [-0.3, -0.25) is 9.48 Å². The summed E-state index contributed by atoms with van der Waals surface area (Å²) in [6.07, 6.45) is 1.44. The Morgan fingerprint density at radius 2 is 2.19 bits per heavy atom. The minimum absolute atomic E-state index is 0.0504. The first kappa shape index (κ1) is 14.9. The van der Waals surface area contributed by atoms with Gasteiger partial charge in [-0.2, -0.15) is 13.9 Å². The second-order valence-electron chi connectivity index (χ2n) is 4.01. The van der Waals surface area contributed by atoms with E-state index in [1.807, 2.05) is 0 Å². The number of ether oxygens (including phenoxy) is 1. The Bertz CT molecular complexity index is 643. The van der Waals surface area contributed by atoms with E-state index in [2.05, 4.69) is 15.2 Å². The maximum absolute atomic E-state index is 13.1. The van der Waals surface area contributed by atoms with Crippen LogP contribution < -0.4 is 10.1 Å². The summed E-state index contributed by atoms with van der Waals surface area (Å²) in [4.78, 5) is 12.1. The van der Waals surface area contributed by atoms with Gasteiger partial charge in [0.05, 0.1) is 5.69 Å². The average molecular weight is 299 g/mol. The Balaban J connectivity index is 2.24. The molecule has 1 aromatic carbocycles. The first-order valence-electron chi connectivity index (χ1n) is 6.08. The summed E-state index contributed by atoms with van der Waals surface area (Å²) in [6, 6.07) is 4.44. The number of anilines is 1. The maximum Gasteiger partial charge on any atom is 0.387 e. The molecule has 0 unspecified atom stereocenters. The topological polar surface area (TPSA) is 56.2 Å². The smallest absolute Gasteiger partial charge is 0.387 e. The zero-order valence-corrected chi connectivity index (χ0v) is 11.0. The molecule has 0 aliphatic rings. The van der Waals surface area contributed by atoms with Gasteiger partial charge in [0.15, 0.2) is 5.75 Å². The SMILES string of the molecule is CCn1nccc1C(=O)Nc1ccc(F)cc1OC(F)F. The molecule has 1 amide bonds. The number of carbonyl (C=O) groups excluding carboxylic acids is 1. The highest BCUT2D eigenvalue weighted by Gasteiger charge is 2.16. The summed E-state index contributed by atoms with van der Waals surface area (Å²) in [5.74, 6) is -1.75. The molecule has 0 radical (unpaired) electrons. The lowest BCUT2D eigenvalue weighted by Crippen LogP contribution is -2.18. The molecule has 1 aromatic heterocycles. The van der Waals surface area contributed by atoms with Gasteiger partial charge >= 0.3 is 6.61 Å². The molecule has 0 spiro atoms. The maximum atomic E-state index is 13.1. The molecule has 0 saturated carbocycles. The molecule has 0 atom stereocenters. The largest absolute Gasteiger partial charge is 0.432 e. The third-order valence-electron chi connectivity index (χ3n) is 2.66. The number of nitrogens with one attached hydrogen (secondary N) is 1. The first-order chi connectivity index (χ1) is 10.0. The molecule has 0 bridgehead atoms. The van der Waals surface area contributed by atoms with E-state index in [0.29, 0.717) is 6.54 Å². The molecular weight excluding hydrogens is 287 g/mol. The van der Waals surface area contributed by atoms with Gasteiger partial charge in [-0.1, -0.05) is 0 Å². The summed E-state index contributed by atoms with van der Waals surface area (Å²) >= 11 is 0. The predicted molar refractivity (Wildman–Crippen MR) is 68.9 cm³/mol. The third-order valence-corrected chi connectivity index (χ3v) is 2.66.